The lowest BCUT2D eigenvalue weighted by Gasteiger charge is -2.30. The number of allylic oxidation sites excluding steroid dienone is 3. The normalized spacial score (nSPS) is 17.7. The first-order valence-corrected chi connectivity index (χ1v) is 11.4. The zero-order chi connectivity index (χ0) is 24.1. The fourth-order valence-electron chi connectivity index (χ4n) is 3.78. The molecule has 1 N–H and O–H groups in total. The molecule has 5 nitrogen and oxygen atoms in total. The van der Waals surface area contributed by atoms with Crippen LogP contribution in [0.1, 0.15) is 45.6 Å². The van der Waals surface area contributed by atoms with Gasteiger partial charge in [0.25, 0.3) is 0 Å². The van der Waals surface area contributed by atoms with Gasteiger partial charge in [-0.15, -0.1) is 0 Å². The number of aliphatic imine (C=N–C) groups is 1. The van der Waals surface area contributed by atoms with Crippen molar-refractivity contribution in [2.24, 2.45) is 10.9 Å². The van der Waals surface area contributed by atoms with Gasteiger partial charge in [0.05, 0.1) is 5.70 Å². The van der Waals surface area contributed by atoms with Gasteiger partial charge >= 0.3 is 0 Å². The van der Waals surface area contributed by atoms with Gasteiger partial charge in [0.2, 0.25) is 0 Å². The fraction of sp³-hybridized carbons (Fsp3) is 0.370. The van der Waals surface area contributed by atoms with E-state index in [9.17, 15) is 4.39 Å². The van der Waals surface area contributed by atoms with Crippen molar-refractivity contribution in [2.45, 2.75) is 40.0 Å². The number of likely N-dealkylation sites (tertiary alicyclic amines) is 1. The largest absolute Gasteiger partial charge is 0.359 e. The number of carbonyl (C=O) groups excluding carboxylic acids is 1. The van der Waals surface area contributed by atoms with Gasteiger partial charge < -0.3 is 15.0 Å². The quantitative estimate of drug-likeness (QED) is 0.417. The number of nitrogens with one attached hydrogen (secondary N) is 1. The molecule has 0 saturated carbocycles. The first-order chi connectivity index (χ1) is 16.0. The summed E-state index contributed by atoms with van der Waals surface area (Å²) in [5, 5.41) is 3.30. The van der Waals surface area contributed by atoms with Gasteiger partial charge in [0, 0.05) is 47.5 Å². The van der Waals surface area contributed by atoms with Gasteiger partial charge in [-0.2, -0.15) is 0 Å². The standard InChI is InChI=1S/C25H31FN4.C2H4O/c1-4-8-24(20-9-6-13-27-17-20)29-25(21-10-7-14-30(3)18-21)15-19(2)28-23-12-5-11-22(26)16-23;1-2-3/h5-6,8-9,11-13,15-17,21,28H,4,7,10,14,18H2,1-3H3;2H,1H3/b19-15+,24-8+,29-25-;. The van der Waals surface area contributed by atoms with Crippen molar-refractivity contribution in [1.82, 2.24) is 9.88 Å². The number of carbonyl (C=O) groups is 1. The molecule has 2 aromatic rings. The molecule has 0 amide bonds. The van der Waals surface area contributed by atoms with E-state index in [1.54, 1.807) is 12.3 Å². The lowest BCUT2D eigenvalue weighted by Crippen LogP contribution is -2.35. The summed E-state index contributed by atoms with van der Waals surface area (Å²) in [6.07, 6.45) is 11.8. The van der Waals surface area contributed by atoms with E-state index in [4.69, 9.17) is 9.79 Å². The Morgan fingerprint density at radius 1 is 1.33 bits per heavy atom. The first kappa shape index (κ1) is 26.1. The summed E-state index contributed by atoms with van der Waals surface area (Å²) in [7, 11) is 2.16. The van der Waals surface area contributed by atoms with Crippen LogP contribution in [0.25, 0.3) is 5.70 Å². The molecule has 3 rings (SSSR count). The van der Waals surface area contributed by atoms with Crippen molar-refractivity contribution >= 4 is 23.4 Å². The Morgan fingerprint density at radius 3 is 2.76 bits per heavy atom. The van der Waals surface area contributed by atoms with E-state index >= 15 is 0 Å². The molecule has 0 radical (unpaired) electrons. The zero-order valence-electron chi connectivity index (χ0n) is 20.1. The molecule has 6 heteroatoms. The van der Waals surface area contributed by atoms with Crippen LogP contribution in [0, 0.1) is 11.7 Å². The minimum Gasteiger partial charge on any atom is -0.359 e. The Morgan fingerprint density at radius 2 is 2.12 bits per heavy atom. The molecule has 1 atom stereocenters. The van der Waals surface area contributed by atoms with Crippen molar-refractivity contribution in [3.63, 3.8) is 0 Å². The summed E-state index contributed by atoms with van der Waals surface area (Å²) < 4.78 is 13.6. The molecule has 0 spiro atoms. The molecule has 1 aliphatic rings. The predicted octanol–water partition coefficient (Wildman–Crippen LogP) is 5.98. The smallest absolute Gasteiger partial charge is 0.125 e. The van der Waals surface area contributed by atoms with E-state index in [0.29, 0.717) is 5.92 Å². The average Bonchev–Trinajstić information content (AvgIpc) is 2.79. The highest BCUT2D eigenvalue weighted by Crippen LogP contribution is 2.23. The van der Waals surface area contributed by atoms with Crippen molar-refractivity contribution in [3.05, 3.63) is 78.0 Å². The third kappa shape index (κ3) is 9.10. The number of rotatable bonds is 7. The number of aromatic nitrogens is 1. The van der Waals surface area contributed by atoms with E-state index in [1.165, 1.54) is 19.1 Å². The minimum atomic E-state index is -0.250. The minimum absolute atomic E-state index is 0.250. The number of anilines is 1. The van der Waals surface area contributed by atoms with Gasteiger partial charge in [0.15, 0.2) is 0 Å². The molecule has 176 valence electrons. The van der Waals surface area contributed by atoms with Crippen LogP contribution in [-0.2, 0) is 4.79 Å². The van der Waals surface area contributed by atoms with Crippen LogP contribution in [0.15, 0.2) is 71.6 Å². The second kappa shape index (κ2) is 14.1. The molecule has 1 fully saturated rings. The molecule has 0 aliphatic carbocycles. The number of hydrogen-bond acceptors (Lipinski definition) is 5. The summed E-state index contributed by atoms with van der Waals surface area (Å²) in [6.45, 7) is 7.66. The summed E-state index contributed by atoms with van der Waals surface area (Å²) >= 11 is 0. The van der Waals surface area contributed by atoms with E-state index in [1.807, 2.05) is 31.3 Å². The number of benzene rings is 1. The van der Waals surface area contributed by atoms with Crippen LogP contribution in [0.5, 0.6) is 0 Å². The predicted molar refractivity (Wildman–Crippen MR) is 136 cm³/mol. The lowest BCUT2D eigenvalue weighted by molar-refractivity contribution is -0.106. The van der Waals surface area contributed by atoms with E-state index in [0.717, 1.165) is 67.0 Å². The molecule has 1 saturated heterocycles. The molecule has 0 bridgehead atoms. The van der Waals surface area contributed by atoms with Crippen LogP contribution in [0.2, 0.25) is 0 Å². The highest BCUT2D eigenvalue weighted by atomic mass is 19.1. The Hall–Kier alpha value is -3.12. The number of halogens is 1. The lowest BCUT2D eigenvalue weighted by atomic mass is 9.92. The summed E-state index contributed by atoms with van der Waals surface area (Å²) in [6, 6.07) is 10.5. The van der Waals surface area contributed by atoms with E-state index < -0.39 is 0 Å². The molecule has 1 aromatic carbocycles. The molecule has 1 aromatic heterocycles. The third-order valence-electron chi connectivity index (χ3n) is 5.18. The van der Waals surface area contributed by atoms with Gasteiger partial charge in [-0.1, -0.05) is 19.1 Å². The molecule has 1 unspecified atom stereocenters. The molecule has 33 heavy (non-hydrogen) atoms. The number of piperidine rings is 1. The topological polar surface area (TPSA) is 57.6 Å². The van der Waals surface area contributed by atoms with E-state index in [2.05, 4.69) is 41.3 Å². The highest BCUT2D eigenvalue weighted by Gasteiger charge is 2.22. The molecular weight excluding hydrogens is 415 g/mol. The van der Waals surface area contributed by atoms with Crippen molar-refractivity contribution < 1.29 is 9.18 Å². The summed E-state index contributed by atoms with van der Waals surface area (Å²) in [5.74, 6) is 0.102. The van der Waals surface area contributed by atoms with Crippen LogP contribution >= 0.6 is 0 Å². The van der Waals surface area contributed by atoms with Crippen molar-refractivity contribution in [2.75, 3.05) is 25.5 Å². The number of nitrogens with zero attached hydrogens (tertiary/aromatic N) is 3. The van der Waals surface area contributed by atoms with Gasteiger partial charge in [-0.05, 0) is 83.1 Å². The highest BCUT2D eigenvalue weighted by molar-refractivity contribution is 6.01. The molecule has 1 aliphatic heterocycles. The molecule has 2 heterocycles. The second-order valence-electron chi connectivity index (χ2n) is 8.08. The Labute approximate surface area is 197 Å². The Balaban J connectivity index is 0.00000122. The van der Waals surface area contributed by atoms with Gasteiger partial charge in [-0.25, -0.2) is 4.39 Å². The Kier molecular flexibility index (Phi) is 11.2. The van der Waals surface area contributed by atoms with Gasteiger partial charge in [-0.3, -0.25) is 9.98 Å². The van der Waals surface area contributed by atoms with E-state index in [-0.39, 0.29) is 5.82 Å². The fourth-order valence-corrected chi connectivity index (χ4v) is 3.78. The maximum atomic E-state index is 13.6. The van der Waals surface area contributed by atoms with Gasteiger partial charge in [0.1, 0.15) is 12.1 Å². The van der Waals surface area contributed by atoms with Crippen LogP contribution in [0.3, 0.4) is 0 Å². The van der Waals surface area contributed by atoms with Crippen LogP contribution in [-0.4, -0.2) is 42.0 Å². The van der Waals surface area contributed by atoms with Crippen LogP contribution in [0.4, 0.5) is 10.1 Å². The SMILES string of the molecule is CC/C=C(/N=C(/C=C(\C)Nc1cccc(F)c1)C1CCCN(C)C1)c1cccnc1.CC=O. The Bertz CT molecular complexity index is 969. The maximum Gasteiger partial charge on any atom is 0.125 e. The second-order valence-corrected chi connectivity index (χ2v) is 8.08. The monoisotopic (exact) mass is 450 g/mol. The number of aldehydes is 1. The number of pyridine rings is 1. The zero-order valence-corrected chi connectivity index (χ0v) is 20.1. The number of hydrogen-bond donors (Lipinski definition) is 1. The third-order valence-corrected chi connectivity index (χ3v) is 5.18. The van der Waals surface area contributed by atoms with Crippen LogP contribution < -0.4 is 5.32 Å². The summed E-state index contributed by atoms with van der Waals surface area (Å²) in [5.41, 5.74) is 4.69. The van der Waals surface area contributed by atoms with Crippen molar-refractivity contribution in [1.29, 1.82) is 0 Å². The van der Waals surface area contributed by atoms with Crippen molar-refractivity contribution in [3.8, 4) is 0 Å². The average molecular weight is 451 g/mol. The first-order valence-electron chi connectivity index (χ1n) is 11.4. The maximum absolute atomic E-state index is 13.6. The summed E-state index contributed by atoms with van der Waals surface area (Å²) in [4.78, 5) is 20.5. The molecular formula is C27H35FN4O.